The summed E-state index contributed by atoms with van der Waals surface area (Å²) >= 11 is 0. The van der Waals surface area contributed by atoms with E-state index in [9.17, 15) is 4.79 Å². The number of carbonyl (C=O) groups excluding carboxylic acids is 1. The smallest absolute Gasteiger partial charge is 0.291 e. The summed E-state index contributed by atoms with van der Waals surface area (Å²) in [6.07, 6.45) is 0. The number of aliphatic hydroxyl groups excluding tert-OH is 1. The van der Waals surface area contributed by atoms with E-state index in [4.69, 9.17) is 5.11 Å². The molecule has 122 valence electrons. The fourth-order valence-electron chi connectivity index (χ4n) is 2.38. The first-order valence-corrected chi connectivity index (χ1v) is 7.67. The van der Waals surface area contributed by atoms with Crippen LogP contribution in [-0.4, -0.2) is 38.9 Å². The van der Waals surface area contributed by atoms with Gasteiger partial charge in [0.05, 0.1) is 12.3 Å². The maximum absolute atomic E-state index is 12.1. The summed E-state index contributed by atoms with van der Waals surface area (Å²) in [5, 5.41) is 15.8. The highest BCUT2D eigenvalue weighted by Gasteiger charge is 2.18. The lowest BCUT2D eigenvalue weighted by molar-refractivity contribution is 0.0934. The summed E-state index contributed by atoms with van der Waals surface area (Å²) in [6.45, 7) is 2.04. The Hall–Kier alpha value is -2.99. The third-order valence-corrected chi connectivity index (χ3v) is 3.48. The molecule has 1 amide bonds. The molecule has 24 heavy (non-hydrogen) atoms. The molecule has 2 aromatic carbocycles. The molecule has 3 rings (SSSR count). The summed E-state index contributed by atoms with van der Waals surface area (Å²) in [5.74, 6) is 0.260. The van der Waals surface area contributed by atoms with Crippen LogP contribution in [0.2, 0.25) is 0 Å². The van der Waals surface area contributed by atoms with Gasteiger partial charge < -0.3 is 10.4 Å². The van der Waals surface area contributed by atoms with Gasteiger partial charge in [-0.1, -0.05) is 42.0 Å². The molecule has 0 bridgehead atoms. The molecule has 2 N–H and O–H groups in total. The van der Waals surface area contributed by atoms with E-state index in [1.165, 1.54) is 0 Å². The topological polar surface area (TPSA) is 80.0 Å². The van der Waals surface area contributed by atoms with Crippen LogP contribution in [0.3, 0.4) is 0 Å². The number of para-hydroxylation sites is 1. The van der Waals surface area contributed by atoms with Crippen LogP contribution < -0.4 is 5.32 Å². The Bertz CT molecular complexity index is 843. The van der Waals surface area contributed by atoms with Gasteiger partial charge in [-0.05, 0) is 25.1 Å². The predicted molar refractivity (Wildman–Crippen MR) is 91.0 cm³/mol. The second-order valence-electron chi connectivity index (χ2n) is 5.36. The molecule has 0 aliphatic heterocycles. The van der Waals surface area contributed by atoms with Crippen LogP contribution in [0.1, 0.15) is 16.2 Å². The maximum atomic E-state index is 12.1. The first kappa shape index (κ1) is 15.9. The Morgan fingerprint density at radius 2 is 1.96 bits per heavy atom. The van der Waals surface area contributed by atoms with Crippen LogP contribution >= 0.6 is 0 Å². The number of aryl methyl sites for hydroxylation is 1. The molecule has 3 aromatic rings. The molecule has 0 aliphatic rings. The van der Waals surface area contributed by atoms with Gasteiger partial charge in [0.1, 0.15) is 0 Å². The minimum absolute atomic E-state index is 0.0730. The zero-order valence-corrected chi connectivity index (χ0v) is 13.3. The molecule has 0 saturated carbocycles. The normalized spacial score (nSPS) is 10.6. The third kappa shape index (κ3) is 3.33. The lowest BCUT2D eigenvalue weighted by Crippen LogP contribution is -2.27. The number of rotatable bonds is 5. The van der Waals surface area contributed by atoms with Crippen LogP contribution in [0.5, 0.6) is 0 Å². The largest absolute Gasteiger partial charge is 0.395 e. The molecule has 6 heteroatoms. The van der Waals surface area contributed by atoms with Gasteiger partial charge in [-0.2, -0.15) is 0 Å². The number of carbonyl (C=O) groups is 1. The minimum atomic E-state index is -0.410. The number of nitrogens with one attached hydrogen (secondary N) is 1. The van der Waals surface area contributed by atoms with Crippen molar-refractivity contribution >= 4 is 5.91 Å². The zero-order valence-electron chi connectivity index (χ0n) is 13.3. The third-order valence-electron chi connectivity index (χ3n) is 3.48. The van der Waals surface area contributed by atoms with Crippen LogP contribution in [0.4, 0.5) is 0 Å². The second-order valence-corrected chi connectivity index (χ2v) is 5.36. The Morgan fingerprint density at radius 1 is 1.17 bits per heavy atom. The standard InChI is InChI=1S/C18H18N4O2/c1-13-6-5-7-14(12-13)17-20-16(18(24)19-10-11-23)21-22(17)15-8-3-2-4-9-15/h2-9,12,23H,10-11H2,1H3,(H,19,24). The first-order valence-electron chi connectivity index (χ1n) is 7.67. The summed E-state index contributed by atoms with van der Waals surface area (Å²) < 4.78 is 1.66. The molecular weight excluding hydrogens is 304 g/mol. The van der Waals surface area contributed by atoms with E-state index in [0.717, 1.165) is 16.8 Å². The maximum Gasteiger partial charge on any atom is 0.291 e. The van der Waals surface area contributed by atoms with Crippen LogP contribution in [0, 0.1) is 6.92 Å². The van der Waals surface area contributed by atoms with Crippen molar-refractivity contribution in [2.75, 3.05) is 13.2 Å². The number of benzene rings is 2. The Labute approximate surface area is 139 Å². The van der Waals surface area contributed by atoms with Gasteiger partial charge in [-0.3, -0.25) is 4.79 Å². The van der Waals surface area contributed by atoms with E-state index in [2.05, 4.69) is 15.4 Å². The summed E-state index contributed by atoms with van der Waals surface area (Å²) in [4.78, 5) is 16.5. The monoisotopic (exact) mass is 322 g/mol. The number of aromatic nitrogens is 3. The van der Waals surface area contributed by atoms with E-state index >= 15 is 0 Å². The summed E-state index contributed by atoms with van der Waals surface area (Å²) in [6, 6.07) is 17.4. The molecule has 0 saturated heterocycles. The highest BCUT2D eigenvalue weighted by atomic mass is 16.3. The van der Waals surface area contributed by atoms with Crippen LogP contribution in [0.15, 0.2) is 54.6 Å². The van der Waals surface area contributed by atoms with Gasteiger partial charge in [-0.15, -0.1) is 5.10 Å². The minimum Gasteiger partial charge on any atom is -0.395 e. The highest BCUT2D eigenvalue weighted by molar-refractivity contribution is 5.91. The summed E-state index contributed by atoms with van der Waals surface area (Å²) in [5.41, 5.74) is 2.80. The SMILES string of the molecule is Cc1cccc(-c2nc(C(=O)NCCO)nn2-c2ccccc2)c1. The van der Waals surface area contributed by atoms with Crippen molar-refractivity contribution in [2.24, 2.45) is 0 Å². The van der Waals surface area contributed by atoms with Crippen LogP contribution in [0.25, 0.3) is 17.1 Å². The molecule has 0 unspecified atom stereocenters. The van der Waals surface area contributed by atoms with Crippen molar-refractivity contribution in [3.05, 3.63) is 66.0 Å². The summed E-state index contributed by atoms with van der Waals surface area (Å²) in [7, 11) is 0. The van der Waals surface area contributed by atoms with Crippen molar-refractivity contribution < 1.29 is 9.90 Å². The fourth-order valence-corrected chi connectivity index (χ4v) is 2.38. The average Bonchev–Trinajstić information content (AvgIpc) is 3.06. The highest BCUT2D eigenvalue weighted by Crippen LogP contribution is 2.22. The number of hydrogen-bond acceptors (Lipinski definition) is 4. The van der Waals surface area contributed by atoms with Crippen molar-refractivity contribution in [3.8, 4) is 17.1 Å². The number of hydrogen-bond donors (Lipinski definition) is 2. The van der Waals surface area contributed by atoms with Gasteiger partial charge in [0.2, 0.25) is 5.82 Å². The van der Waals surface area contributed by atoms with Gasteiger partial charge in [0, 0.05) is 12.1 Å². The van der Waals surface area contributed by atoms with Crippen LogP contribution in [-0.2, 0) is 0 Å². The molecule has 0 aliphatic carbocycles. The van der Waals surface area contributed by atoms with Gasteiger partial charge in [-0.25, -0.2) is 9.67 Å². The average molecular weight is 322 g/mol. The van der Waals surface area contributed by atoms with Crippen molar-refractivity contribution in [1.82, 2.24) is 20.1 Å². The van der Waals surface area contributed by atoms with E-state index in [1.807, 2.05) is 61.5 Å². The van der Waals surface area contributed by atoms with Crippen molar-refractivity contribution in [3.63, 3.8) is 0 Å². The van der Waals surface area contributed by atoms with E-state index in [-0.39, 0.29) is 19.0 Å². The zero-order chi connectivity index (χ0) is 16.9. The van der Waals surface area contributed by atoms with Crippen molar-refractivity contribution in [2.45, 2.75) is 6.92 Å². The van der Waals surface area contributed by atoms with Gasteiger partial charge in [0.15, 0.2) is 5.82 Å². The first-order chi connectivity index (χ1) is 11.7. The van der Waals surface area contributed by atoms with E-state index < -0.39 is 5.91 Å². The predicted octanol–water partition coefficient (Wildman–Crippen LogP) is 1.96. The lowest BCUT2D eigenvalue weighted by Gasteiger charge is -2.06. The lowest BCUT2D eigenvalue weighted by atomic mass is 10.1. The molecular formula is C18H18N4O2. The van der Waals surface area contributed by atoms with E-state index in [1.54, 1.807) is 4.68 Å². The van der Waals surface area contributed by atoms with Gasteiger partial charge >= 0.3 is 0 Å². The van der Waals surface area contributed by atoms with E-state index in [0.29, 0.717) is 5.82 Å². The number of aliphatic hydroxyl groups is 1. The number of nitrogens with zero attached hydrogens (tertiary/aromatic N) is 3. The number of amides is 1. The fraction of sp³-hybridized carbons (Fsp3) is 0.167. The quantitative estimate of drug-likeness (QED) is 0.752. The molecule has 0 fully saturated rings. The second kappa shape index (κ2) is 7.06. The molecule has 0 atom stereocenters. The molecule has 1 heterocycles. The van der Waals surface area contributed by atoms with Crippen molar-refractivity contribution in [1.29, 1.82) is 0 Å². The Balaban J connectivity index is 2.08. The Morgan fingerprint density at radius 3 is 2.67 bits per heavy atom. The molecule has 0 radical (unpaired) electrons. The Kier molecular flexibility index (Phi) is 4.67. The molecule has 6 nitrogen and oxygen atoms in total. The molecule has 1 aromatic heterocycles. The molecule has 0 spiro atoms. The van der Waals surface area contributed by atoms with Gasteiger partial charge in [0.25, 0.3) is 5.91 Å².